The van der Waals surface area contributed by atoms with Crippen molar-refractivity contribution in [2.45, 2.75) is 12.5 Å². The highest BCUT2D eigenvalue weighted by atomic mass is 79.9. The van der Waals surface area contributed by atoms with Gasteiger partial charge in [0.2, 0.25) is 0 Å². The lowest BCUT2D eigenvalue weighted by Crippen LogP contribution is -2.12. The monoisotopic (exact) mass is 269 g/mol. The van der Waals surface area contributed by atoms with E-state index in [9.17, 15) is 0 Å². The molecule has 2 aromatic rings. The average molecular weight is 270 g/mol. The van der Waals surface area contributed by atoms with Gasteiger partial charge in [-0.1, -0.05) is 0 Å². The van der Waals surface area contributed by atoms with Crippen molar-refractivity contribution in [1.29, 1.82) is 0 Å². The van der Waals surface area contributed by atoms with Crippen molar-refractivity contribution in [2.75, 3.05) is 0 Å². The van der Waals surface area contributed by atoms with E-state index < -0.39 is 0 Å². The summed E-state index contributed by atoms with van der Waals surface area (Å²) in [6.45, 7) is 0. The van der Waals surface area contributed by atoms with E-state index in [1.165, 1.54) is 0 Å². The molecule has 0 radical (unpaired) electrons. The molecule has 4 nitrogen and oxygen atoms in total. The molecule has 0 aliphatic carbocycles. The van der Waals surface area contributed by atoms with Crippen molar-refractivity contribution >= 4 is 15.9 Å². The highest BCUT2D eigenvalue weighted by molar-refractivity contribution is 9.10. The second kappa shape index (κ2) is 4.20. The first-order valence-corrected chi connectivity index (χ1v) is 5.44. The molecule has 5 heteroatoms. The molecular weight excluding hydrogens is 258 g/mol. The predicted molar refractivity (Wildman–Crippen MR) is 60.2 cm³/mol. The molecule has 15 heavy (non-hydrogen) atoms. The van der Waals surface area contributed by atoms with Gasteiger partial charge in [0, 0.05) is 19.7 Å². The third-order valence-corrected chi connectivity index (χ3v) is 2.58. The van der Waals surface area contributed by atoms with Crippen LogP contribution in [0.3, 0.4) is 0 Å². The van der Waals surface area contributed by atoms with Gasteiger partial charge in [0.15, 0.2) is 4.67 Å². The van der Waals surface area contributed by atoms with Crippen LogP contribution in [0.4, 0.5) is 0 Å². The van der Waals surface area contributed by atoms with E-state index in [-0.39, 0.29) is 6.04 Å². The molecule has 2 rings (SSSR count). The third-order valence-electron chi connectivity index (χ3n) is 2.16. The largest absolute Gasteiger partial charge is 0.453 e. The number of aryl methyl sites for hydroxylation is 1. The van der Waals surface area contributed by atoms with E-state index in [0.29, 0.717) is 11.1 Å². The summed E-state index contributed by atoms with van der Waals surface area (Å²) in [4.78, 5) is 0. The molecule has 2 heterocycles. The van der Waals surface area contributed by atoms with Crippen LogP contribution in [0.1, 0.15) is 17.5 Å². The summed E-state index contributed by atoms with van der Waals surface area (Å²) in [7, 11) is 1.89. The fraction of sp³-hybridized carbons (Fsp3) is 0.300. The summed E-state index contributed by atoms with van der Waals surface area (Å²) in [6, 6.07) is 5.52. The van der Waals surface area contributed by atoms with Gasteiger partial charge in [0.1, 0.15) is 5.76 Å². The molecule has 0 spiro atoms. The number of aromatic nitrogens is 2. The predicted octanol–water partition coefficient (Wildman–Crippen LogP) is 2.02. The van der Waals surface area contributed by atoms with Crippen LogP contribution in [0.15, 0.2) is 33.5 Å². The lowest BCUT2D eigenvalue weighted by Gasteiger charge is -2.05. The summed E-state index contributed by atoms with van der Waals surface area (Å²) < 4.78 is 7.85. The van der Waals surface area contributed by atoms with Gasteiger partial charge in [-0.05, 0) is 34.1 Å². The van der Waals surface area contributed by atoms with Crippen LogP contribution in [0, 0.1) is 0 Å². The van der Waals surface area contributed by atoms with Gasteiger partial charge in [-0.2, -0.15) is 5.10 Å². The van der Waals surface area contributed by atoms with Crippen LogP contribution in [-0.2, 0) is 13.5 Å². The Hall–Kier alpha value is -1.07. The van der Waals surface area contributed by atoms with Gasteiger partial charge in [-0.25, -0.2) is 0 Å². The fourth-order valence-electron chi connectivity index (χ4n) is 1.43. The van der Waals surface area contributed by atoms with Gasteiger partial charge in [-0.3, -0.25) is 4.68 Å². The molecule has 2 aromatic heterocycles. The maximum Gasteiger partial charge on any atom is 0.169 e. The molecule has 0 saturated heterocycles. The second-order valence-electron chi connectivity index (χ2n) is 3.43. The first-order valence-electron chi connectivity index (χ1n) is 4.64. The number of nitrogens with two attached hydrogens (primary N) is 1. The normalized spacial score (nSPS) is 13.0. The van der Waals surface area contributed by atoms with Crippen LogP contribution < -0.4 is 5.73 Å². The van der Waals surface area contributed by atoms with Gasteiger partial charge in [0.05, 0.1) is 11.7 Å². The average Bonchev–Trinajstić information content (AvgIpc) is 2.75. The van der Waals surface area contributed by atoms with E-state index >= 15 is 0 Å². The number of rotatable bonds is 3. The topological polar surface area (TPSA) is 57.0 Å². The number of halogens is 1. The van der Waals surface area contributed by atoms with Crippen LogP contribution in [0.25, 0.3) is 0 Å². The number of nitrogens with zero attached hydrogens (tertiary/aromatic N) is 2. The molecule has 0 fully saturated rings. The zero-order valence-corrected chi connectivity index (χ0v) is 9.94. The number of hydrogen-bond acceptors (Lipinski definition) is 3. The smallest absolute Gasteiger partial charge is 0.169 e. The summed E-state index contributed by atoms with van der Waals surface area (Å²) in [6.07, 6.45) is 2.58. The van der Waals surface area contributed by atoms with E-state index in [1.807, 2.05) is 31.4 Å². The minimum absolute atomic E-state index is 0.147. The SMILES string of the molecule is Cn1ccc(CC(N)c2ccc(Br)o2)n1. The first kappa shape index (κ1) is 10.4. The molecule has 80 valence electrons. The van der Waals surface area contributed by atoms with Gasteiger partial charge in [-0.15, -0.1) is 0 Å². The standard InChI is InChI=1S/C10H12BrN3O/c1-14-5-4-7(13-14)6-8(12)9-2-3-10(11)15-9/h2-5,8H,6,12H2,1H3. The van der Waals surface area contributed by atoms with Gasteiger partial charge < -0.3 is 10.2 Å². The fourth-order valence-corrected chi connectivity index (χ4v) is 1.74. The Morgan fingerprint density at radius 2 is 2.33 bits per heavy atom. The van der Waals surface area contributed by atoms with Crippen molar-refractivity contribution in [3.05, 3.63) is 40.5 Å². The summed E-state index contributed by atoms with van der Waals surface area (Å²) >= 11 is 3.25. The van der Waals surface area contributed by atoms with E-state index in [0.717, 1.165) is 11.5 Å². The van der Waals surface area contributed by atoms with Crippen LogP contribution in [0.2, 0.25) is 0 Å². The molecule has 0 amide bonds. The minimum atomic E-state index is -0.147. The molecular formula is C10H12BrN3O. The van der Waals surface area contributed by atoms with Crippen molar-refractivity contribution < 1.29 is 4.42 Å². The Morgan fingerprint density at radius 3 is 2.87 bits per heavy atom. The van der Waals surface area contributed by atoms with Crippen molar-refractivity contribution in [3.8, 4) is 0 Å². The van der Waals surface area contributed by atoms with Crippen LogP contribution in [-0.4, -0.2) is 9.78 Å². The number of furan rings is 1. The summed E-state index contributed by atoms with van der Waals surface area (Å²) in [5.41, 5.74) is 6.96. The van der Waals surface area contributed by atoms with E-state index in [4.69, 9.17) is 10.2 Å². The Labute approximate surface area is 96.2 Å². The Bertz CT molecular complexity index is 449. The highest BCUT2D eigenvalue weighted by Gasteiger charge is 2.12. The molecule has 1 unspecified atom stereocenters. The Morgan fingerprint density at radius 1 is 1.53 bits per heavy atom. The molecule has 0 aromatic carbocycles. The van der Waals surface area contributed by atoms with Crippen molar-refractivity contribution in [1.82, 2.24) is 9.78 Å². The minimum Gasteiger partial charge on any atom is -0.453 e. The van der Waals surface area contributed by atoms with Gasteiger partial charge >= 0.3 is 0 Å². The zero-order valence-electron chi connectivity index (χ0n) is 8.35. The van der Waals surface area contributed by atoms with Crippen molar-refractivity contribution in [2.24, 2.45) is 12.8 Å². The molecule has 0 aliphatic rings. The summed E-state index contributed by atoms with van der Waals surface area (Å²) in [5.74, 6) is 0.771. The molecule has 1 atom stereocenters. The zero-order chi connectivity index (χ0) is 10.8. The highest BCUT2D eigenvalue weighted by Crippen LogP contribution is 2.21. The van der Waals surface area contributed by atoms with Gasteiger partial charge in [0.25, 0.3) is 0 Å². The van der Waals surface area contributed by atoms with E-state index in [1.54, 1.807) is 4.68 Å². The van der Waals surface area contributed by atoms with E-state index in [2.05, 4.69) is 21.0 Å². The van der Waals surface area contributed by atoms with Crippen LogP contribution in [0.5, 0.6) is 0 Å². The number of hydrogen-bond donors (Lipinski definition) is 1. The molecule has 0 saturated carbocycles. The Kier molecular flexibility index (Phi) is 2.93. The third kappa shape index (κ3) is 2.49. The first-order chi connectivity index (χ1) is 7.15. The quantitative estimate of drug-likeness (QED) is 0.928. The lowest BCUT2D eigenvalue weighted by molar-refractivity contribution is 0.446. The van der Waals surface area contributed by atoms with Crippen molar-refractivity contribution in [3.63, 3.8) is 0 Å². The Balaban J connectivity index is 2.06. The lowest BCUT2D eigenvalue weighted by atomic mass is 10.1. The maximum absolute atomic E-state index is 5.99. The summed E-state index contributed by atoms with van der Waals surface area (Å²) in [5, 5.41) is 4.27. The molecule has 0 bridgehead atoms. The second-order valence-corrected chi connectivity index (χ2v) is 4.21. The molecule has 2 N–H and O–H groups in total. The van der Waals surface area contributed by atoms with Crippen LogP contribution >= 0.6 is 15.9 Å². The maximum atomic E-state index is 5.99. The molecule has 0 aliphatic heterocycles.